The van der Waals surface area contributed by atoms with Gasteiger partial charge in [-0.1, -0.05) is 30.3 Å². The summed E-state index contributed by atoms with van der Waals surface area (Å²) in [6.45, 7) is 2.72. The number of hydrogen-bond acceptors (Lipinski definition) is 4. The highest BCUT2D eigenvalue weighted by Gasteiger charge is 2.19. The largest absolute Gasteiger partial charge is 0.491 e. The molecule has 2 N–H and O–H groups in total. The summed E-state index contributed by atoms with van der Waals surface area (Å²) in [5, 5.41) is 17.0. The van der Waals surface area contributed by atoms with Crippen molar-refractivity contribution < 1.29 is 14.6 Å². The number of likely N-dealkylation sites (N-methyl/N-ethyl adjacent to an activating group) is 1. The first-order valence-corrected chi connectivity index (χ1v) is 8.91. The van der Waals surface area contributed by atoms with Crippen molar-refractivity contribution >= 4 is 5.91 Å². The molecule has 140 valence electrons. The fourth-order valence-electron chi connectivity index (χ4n) is 2.79. The number of rotatable bonds is 8. The Balaban J connectivity index is 1.63. The van der Waals surface area contributed by atoms with Gasteiger partial charge in [0.15, 0.2) is 0 Å². The van der Waals surface area contributed by atoms with E-state index in [4.69, 9.17) is 4.74 Å². The predicted molar refractivity (Wildman–Crippen MR) is 104 cm³/mol. The number of aliphatic hydroxyl groups excluding tert-OH is 1. The Morgan fingerprint density at radius 2 is 2.00 bits per heavy atom. The fraction of sp³-hybridized carbons (Fsp3) is 0.238. The zero-order valence-electron chi connectivity index (χ0n) is 15.2. The maximum absolute atomic E-state index is 12.9. The lowest BCUT2D eigenvalue weighted by Crippen LogP contribution is -2.39. The Hall–Kier alpha value is -3.12. The van der Waals surface area contributed by atoms with E-state index in [0.29, 0.717) is 17.9 Å². The van der Waals surface area contributed by atoms with Crippen LogP contribution in [0.2, 0.25) is 0 Å². The van der Waals surface area contributed by atoms with Crippen molar-refractivity contribution in [3.63, 3.8) is 0 Å². The summed E-state index contributed by atoms with van der Waals surface area (Å²) < 4.78 is 5.57. The average Bonchev–Trinajstić information content (AvgIpc) is 3.26. The number of nitrogens with zero attached hydrogens (tertiary/aromatic N) is 2. The summed E-state index contributed by atoms with van der Waals surface area (Å²) in [6, 6.07) is 16.7. The summed E-state index contributed by atoms with van der Waals surface area (Å²) in [6.07, 6.45) is 2.73. The topological polar surface area (TPSA) is 78.5 Å². The Morgan fingerprint density at radius 3 is 2.70 bits per heavy atom. The molecule has 0 bridgehead atoms. The van der Waals surface area contributed by atoms with E-state index < -0.39 is 6.10 Å². The van der Waals surface area contributed by atoms with Crippen molar-refractivity contribution in [3.05, 3.63) is 72.6 Å². The van der Waals surface area contributed by atoms with Gasteiger partial charge in [-0.25, -0.2) is 0 Å². The summed E-state index contributed by atoms with van der Waals surface area (Å²) >= 11 is 0. The molecule has 0 aliphatic carbocycles. The van der Waals surface area contributed by atoms with E-state index in [1.807, 2.05) is 55.5 Å². The van der Waals surface area contributed by atoms with Gasteiger partial charge in [-0.3, -0.25) is 9.89 Å². The van der Waals surface area contributed by atoms with E-state index in [0.717, 1.165) is 11.1 Å². The van der Waals surface area contributed by atoms with Crippen molar-refractivity contribution in [2.24, 2.45) is 0 Å². The molecule has 0 aliphatic rings. The Morgan fingerprint density at radius 1 is 1.19 bits per heavy atom. The molecule has 6 heteroatoms. The zero-order valence-corrected chi connectivity index (χ0v) is 15.2. The van der Waals surface area contributed by atoms with Crippen LogP contribution < -0.4 is 4.74 Å². The van der Waals surface area contributed by atoms with Gasteiger partial charge in [0.2, 0.25) is 0 Å². The fourth-order valence-corrected chi connectivity index (χ4v) is 2.79. The molecule has 0 saturated carbocycles. The van der Waals surface area contributed by atoms with Crippen molar-refractivity contribution in [2.45, 2.75) is 13.0 Å². The van der Waals surface area contributed by atoms with Gasteiger partial charge < -0.3 is 14.7 Å². The quantitative estimate of drug-likeness (QED) is 0.643. The van der Waals surface area contributed by atoms with E-state index in [1.165, 1.54) is 0 Å². The van der Waals surface area contributed by atoms with Crippen LogP contribution in [-0.2, 0) is 0 Å². The first-order chi connectivity index (χ1) is 13.2. The molecule has 1 amide bonds. The number of carbonyl (C=O) groups excluding carboxylic acids is 1. The van der Waals surface area contributed by atoms with Crippen LogP contribution in [0.15, 0.2) is 67.0 Å². The minimum absolute atomic E-state index is 0.124. The Bertz CT molecular complexity index is 850. The highest BCUT2D eigenvalue weighted by molar-refractivity contribution is 5.95. The third kappa shape index (κ3) is 4.95. The van der Waals surface area contributed by atoms with E-state index in [2.05, 4.69) is 10.2 Å². The van der Waals surface area contributed by atoms with Gasteiger partial charge in [-0.2, -0.15) is 5.10 Å². The van der Waals surface area contributed by atoms with Gasteiger partial charge in [0, 0.05) is 23.9 Å². The smallest absolute Gasteiger partial charge is 0.253 e. The van der Waals surface area contributed by atoms with Gasteiger partial charge >= 0.3 is 0 Å². The second-order valence-electron chi connectivity index (χ2n) is 6.19. The molecule has 0 unspecified atom stereocenters. The number of H-pyrrole nitrogens is 1. The van der Waals surface area contributed by atoms with Crippen LogP contribution in [-0.4, -0.2) is 51.9 Å². The number of aliphatic hydroxyl groups is 1. The van der Waals surface area contributed by atoms with E-state index in [1.54, 1.807) is 23.4 Å². The number of amides is 1. The van der Waals surface area contributed by atoms with Crippen molar-refractivity contribution in [3.8, 4) is 16.9 Å². The van der Waals surface area contributed by atoms with Crippen molar-refractivity contribution in [1.82, 2.24) is 15.1 Å². The number of carbonyl (C=O) groups is 1. The summed E-state index contributed by atoms with van der Waals surface area (Å²) in [7, 11) is 0. The maximum Gasteiger partial charge on any atom is 0.253 e. The summed E-state index contributed by atoms with van der Waals surface area (Å²) in [5.74, 6) is 0.570. The molecule has 2 aromatic carbocycles. The molecule has 6 nitrogen and oxygen atoms in total. The summed E-state index contributed by atoms with van der Waals surface area (Å²) in [4.78, 5) is 14.5. The molecule has 0 spiro atoms. The number of hydrogen-bond donors (Lipinski definition) is 2. The molecule has 3 aromatic rings. The maximum atomic E-state index is 12.9. The molecule has 1 atom stereocenters. The highest BCUT2D eigenvalue weighted by Crippen LogP contribution is 2.20. The average molecular weight is 365 g/mol. The number of nitrogens with one attached hydrogen (secondary N) is 1. The Kier molecular flexibility index (Phi) is 6.22. The molecule has 27 heavy (non-hydrogen) atoms. The van der Waals surface area contributed by atoms with E-state index in [9.17, 15) is 9.90 Å². The summed E-state index contributed by atoms with van der Waals surface area (Å²) in [5.41, 5.74) is 2.41. The normalized spacial score (nSPS) is 11.8. The minimum atomic E-state index is -0.772. The highest BCUT2D eigenvalue weighted by atomic mass is 16.5. The van der Waals surface area contributed by atoms with E-state index in [-0.39, 0.29) is 19.1 Å². The first kappa shape index (κ1) is 18.7. The first-order valence-electron chi connectivity index (χ1n) is 8.91. The van der Waals surface area contributed by atoms with Crippen LogP contribution in [0.5, 0.6) is 5.75 Å². The number of aromatic nitrogens is 2. The molecular formula is C21H23N3O3. The van der Waals surface area contributed by atoms with Crippen LogP contribution in [0, 0.1) is 0 Å². The number of ether oxygens (including phenoxy) is 1. The van der Waals surface area contributed by atoms with Gasteiger partial charge in [-0.15, -0.1) is 0 Å². The van der Waals surface area contributed by atoms with Crippen LogP contribution in [0.25, 0.3) is 11.1 Å². The van der Waals surface area contributed by atoms with Crippen LogP contribution in [0.3, 0.4) is 0 Å². The number of benzene rings is 2. The zero-order chi connectivity index (χ0) is 19.1. The predicted octanol–water partition coefficient (Wildman–Crippen LogP) is 2.98. The third-order valence-corrected chi connectivity index (χ3v) is 4.23. The number of aromatic amines is 1. The van der Waals surface area contributed by atoms with Gasteiger partial charge in [0.25, 0.3) is 5.91 Å². The lowest BCUT2D eigenvalue weighted by Gasteiger charge is -2.24. The lowest BCUT2D eigenvalue weighted by molar-refractivity contribution is 0.0514. The third-order valence-electron chi connectivity index (χ3n) is 4.23. The molecule has 0 aliphatic heterocycles. The monoisotopic (exact) mass is 365 g/mol. The SMILES string of the molecule is CCN(C[C@H](O)COc1ccccc1)C(=O)c1cccc(-c2cn[nH]c2)c1. The molecule has 1 aromatic heterocycles. The second kappa shape index (κ2) is 9.00. The van der Waals surface area contributed by atoms with Gasteiger partial charge in [-0.05, 0) is 36.8 Å². The molecule has 1 heterocycles. The second-order valence-corrected chi connectivity index (χ2v) is 6.19. The molecule has 0 saturated heterocycles. The van der Waals surface area contributed by atoms with E-state index >= 15 is 0 Å². The molecule has 0 radical (unpaired) electrons. The lowest BCUT2D eigenvalue weighted by atomic mass is 10.1. The van der Waals surface area contributed by atoms with Gasteiger partial charge in [0.1, 0.15) is 18.5 Å². The van der Waals surface area contributed by atoms with Crippen LogP contribution in [0.1, 0.15) is 17.3 Å². The van der Waals surface area contributed by atoms with Gasteiger partial charge in [0.05, 0.1) is 12.7 Å². The minimum Gasteiger partial charge on any atom is -0.491 e. The number of para-hydroxylation sites is 1. The van der Waals surface area contributed by atoms with Crippen LogP contribution in [0.4, 0.5) is 0 Å². The van der Waals surface area contributed by atoms with Crippen LogP contribution >= 0.6 is 0 Å². The Labute approximate surface area is 158 Å². The molecule has 0 fully saturated rings. The van der Waals surface area contributed by atoms with Crippen molar-refractivity contribution in [2.75, 3.05) is 19.7 Å². The molecular weight excluding hydrogens is 342 g/mol. The standard InChI is InChI=1S/C21H23N3O3/c1-2-24(14-19(25)15-27-20-9-4-3-5-10-20)21(26)17-8-6-7-16(11-17)18-12-22-23-13-18/h3-13,19,25H,2,14-15H2,1H3,(H,22,23)/t19-/m0/s1. The molecule has 3 rings (SSSR count). The van der Waals surface area contributed by atoms with Crippen molar-refractivity contribution in [1.29, 1.82) is 0 Å².